The van der Waals surface area contributed by atoms with E-state index in [1.165, 1.54) is 5.56 Å². The van der Waals surface area contributed by atoms with Gasteiger partial charge in [0.1, 0.15) is 12.4 Å². The molecule has 3 N–H and O–H groups in total. The van der Waals surface area contributed by atoms with Crippen LogP contribution in [0.3, 0.4) is 0 Å². The summed E-state index contributed by atoms with van der Waals surface area (Å²) in [6.45, 7) is 11.1. The molecule has 0 saturated carbocycles. The average Bonchev–Trinajstić information content (AvgIpc) is 2.42. The molecule has 0 radical (unpaired) electrons. The van der Waals surface area contributed by atoms with E-state index in [1.807, 2.05) is 26.0 Å². The van der Waals surface area contributed by atoms with Crippen LogP contribution in [0.15, 0.2) is 24.3 Å². The summed E-state index contributed by atoms with van der Waals surface area (Å²) >= 11 is 0. The summed E-state index contributed by atoms with van der Waals surface area (Å²) in [6, 6.07) is 7.94. The molecule has 0 aliphatic rings. The van der Waals surface area contributed by atoms with Crippen LogP contribution in [0, 0.1) is 5.92 Å². The number of hydrogen-bond acceptors (Lipinski definition) is 3. The summed E-state index contributed by atoms with van der Waals surface area (Å²) in [6.07, 6.45) is 0. The van der Waals surface area contributed by atoms with Crippen LogP contribution >= 0.6 is 12.4 Å². The van der Waals surface area contributed by atoms with Gasteiger partial charge in [0.2, 0.25) is 5.91 Å². The second-order valence-corrected chi connectivity index (χ2v) is 6.56. The van der Waals surface area contributed by atoms with Crippen LogP contribution in [0.25, 0.3) is 0 Å². The molecule has 0 spiro atoms. The summed E-state index contributed by atoms with van der Waals surface area (Å²) < 4.78 is 5.62. The highest BCUT2D eigenvalue weighted by atomic mass is 35.5. The van der Waals surface area contributed by atoms with Gasteiger partial charge in [0.15, 0.2) is 0 Å². The molecule has 2 unspecified atom stereocenters. The topological polar surface area (TPSA) is 64.4 Å². The second-order valence-electron chi connectivity index (χ2n) is 6.56. The minimum absolute atomic E-state index is 0. The van der Waals surface area contributed by atoms with Crippen molar-refractivity contribution < 1.29 is 9.53 Å². The van der Waals surface area contributed by atoms with Crippen LogP contribution in [0.5, 0.6) is 5.75 Å². The molecule has 0 saturated heterocycles. The molecule has 0 fully saturated rings. The van der Waals surface area contributed by atoms with Crippen LogP contribution in [-0.4, -0.2) is 25.1 Å². The van der Waals surface area contributed by atoms with Crippen molar-refractivity contribution in [1.29, 1.82) is 0 Å². The van der Waals surface area contributed by atoms with Gasteiger partial charge in [-0.05, 0) is 30.0 Å². The van der Waals surface area contributed by atoms with Gasteiger partial charge >= 0.3 is 0 Å². The fourth-order valence-electron chi connectivity index (χ4n) is 1.79. The van der Waals surface area contributed by atoms with Crippen molar-refractivity contribution in [2.24, 2.45) is 11.7 Å². The van der Waals surface area contributed by atoms with Crippen molar-refractivity contribution in [2.75, 3.05) is 13.2 Å². The standard InChI is InChI=1S/C17H28N2O2.ClH/c1-12(13(2)18)16(20)19-10-11-21-15-8-6-14(7-9-15)17(3,4)5;/h6-9,12-13H,10-11,18H2,1-5H3,(H,19,20);1H. The van der Waals surface area contributed by atoms with E-state index in [0.717, 1.165) is 5.75 Å². The lowest BCUT2D eigenvalue weighted by molar-refractivity contribution is -0.125. The number of carbonyl (C=O) groups is 1. The maximum atomic E-state index is 11.7. The first-order valence-corrected chi connectivity index (χ1v) is 7.48. The fraction of sp³-hybridized carbons (Fsp3) is 0.588. The number of halogens is 1. The van der Waals surface area contributed by atoms with Crippen LogP contribution in [0.1, 0.15) is 40.2 Å². The van der Waals surface area contributed by atoms with Gasteiger partial charge in [0, 0.05) is 12.0 Å². The number of nitrogens with two attached hydrogens (primary N) is 1. The number of carbonyl (C=O) groups excluding carboxylic acids is 1. The zero-order valence-electron chi connectivity index (χ0n) is 14.2. The average molecular weight is 329 g/mol. The maximum Gasteiger partial charge on any atom is 0.224 e. The number of amides is 1. The first kappa shape index (κ1) is 20.7. The minimum atomic E-state index is -0.184. The Labute approximate surface area is 140 Å². The number of benzene rings is 1. The van der Waals surface area contributed by atoms with Crippen LogP contribution in [0.4, 0.5) is 0 Å². The van der Waals surface area contributed by atoms with Gasteiger partial charge < -0.3 is 15.8 Å². The summed E-state index contributed by atoms with van der Waals surface area (Å²) in [4.78, 5) is 11.7. The molecule has 0 aliphatic carbocycles. The lowest BCUT2D eigenvalue weighted by atomic mass is 9.87. The van der Waals surface area contributed by atoms with Gasteiger partial charge in [-0.15, -0.1) is 12.4 Å². The molecule has 5 heteroatoms. The molecule has 4 nitrogen and oxygen atoms in total. The molecular weight excluding hydrogens is 300 g/mol. The molecule has 1 rings (SSSR count). The Morgan fingerprint density at radius 2 is 1.77 bits per heavy atom. The predicted molar refractivity (Wildman–Crippen MR) is 93.7 cm³/mol. The maximum absolute atomic E-state index is 11.7. The molecule has 1 aromatic carbocycles. The van der Waals surface area contributed by atoms with E-state index in [4.69, 9.17) is 10.5 Å². The highest BCUT2D eigenvalue weighted by Crippen LogP contribution is 2.24. The third-order valence-electron chi connectivity index (χ3n) is 3.59. The van der Waals surface area contributed by atoms with Crippen LogP contribution in [-0.2, 0) is 10.2 Å². The monoisotopic (exact) mass is 328 g/mol. The molecule has 0 aliphatic heterocycles. The molecule has 126 valence electrons. The quantitative estimate of drug-likeness (QED) is 0.789. The lowest BCUT2D eigenvalue weighted by Gasteiger charge is -2.19. The predicted octanol–water partition coefficient (Wildman–Crippen LogP) is 2.88. The van der Waals surface area contributed by atoms with Crippen LogP contribution < -0.4 is 15.8 Å². The smallest absolute Gasteiger partial charge is 0.224 e. The minimum Gasteiger partial charge on any atom is -0.492 e. The first-order chi connectivity index (χ1) is 9.71. The number of hydrogen-bond donors (Lipinski definition) is 2. The van der Waals surface area contributed by atoms with E-state index >= 15 is 0 Å². The Kier molecular flexibility index (Phi) is 8.49. The van der Waals surface area contributed by atoms with Crippen molar-refractivity contribution in [3.05, 3.63) is 29.8 Å². The number of nitrogens with one attached hydrogen (secondary N) is 1. The van der Waals surface area contributed by atoms with E-state index in [0.29, 0.717) is 13.2 Å². The van der Waals surface area contributed by atoms with Gasteiger partial charge in [0.05, 0.1) is 6.54 Å². The third kappa shape index (κ3) is 6.67. The van der Waals surface area contributed by atoms with Crippen molar-refractivity contribution in [3.63, 3.8) is 0 Å². The van der Waals surface area contributed by atoms with E-state index in [1.54, 1.807) is 0 Å². The molecule has 0 bridgehead atoms. The Morgan fingerprint density at radius 3 is 2.23 bits per heavy atom. The van der Waals surface area contributed by atoms with Crippen LogP contribution in [0.2, 0.25) is 0 Å². The number of ether oxygens (including phenoxy) is 1. The summed E-state index contributed by atoms with van der Waals surface area (Å²) in [5.74, 6) is 0.602. The highest BCUT2D eigenvalue weighted by molar-refractivity contribution is 5.85. The zero-order chi connectivity index (χ0) is 16.0. The second kappa shape index (κ2) is 9.01. The van der Waals surface area contributed by atoms with Gasteiger partial charge in [-0.2, -0.15) is 0 Å². The van der Waals surface area contributed by atoms with Crippen molar-refractivity contribution >= 4 is 18.3 Å². The fourth-order valence-corrected chi connectivity index (χ4v) is 1.79. The van der Waals surface area contributed by atoms with E-state index < -0.39 is 0 Å². The Balaban J connectivity index is 0.00000441. The summed E-state index contributed by atoms with van der Waals surface area (Å²) in [5.41, 5.74) is 7.10. The van der Waals surface area contributed by atoms with Gasteiger partial charge in [-0.3, -0.25) is 4.79 Å². The Morgan fingerprint density at radius 1 is 1.23 bits per heavy atom. The summed E-state index contributed by atoms with van der Waals surface area (Å²) in [5, 5.41) is 2.83. The van der Waals surface area contributed by atoms with E-state index in [9.17, 15) is 4.79 Å². The molecule has 0 aromatic heterocycles. The largest absolute Gasteiger partial charge is 0.492 e. The van der Waals surface area contributed by atoms with Crippen molar-refractivity contribution in [3.8, 4) is 5.75 Å². The van der Waals surface area contributed by atoms with Crippen molar-refractivity contribution in [2.45, 2.75) is 46.1 Å². The number of rotatable bonds is 6. The molecule has 0 heterocycles. The van der Waals surface area contributed by atoms with Crippen molar-refractivity contribution in [1.82, 2.24) is 5.32 Å². The van der Waals surface area contributed by atoms with E-state index in [2.05, 4.69) is 38.2 Å². The molecule has 1 aromatic rings. The van der Waals surface area contributed by atoms with Gasteiger partial charge in [-0.25, -0.2) is 0 Å². The van der Waals surface area contributed by atoms with E-state index in [-0.39, 0.29) is 35.7 Å². The Bertz CT molecular complexity index is 453. The normalized spacial score (nSPS) is 13.7. The third-order valence-corrected chi connectivity index (χ3v) is 3.59. The zero-order valence-corrected chi connectivity index (χ0v) is 15.0. The Hall–Kier alpha value is -1.26. The van der Waals surface area contributed by atoms with Gasteiger partial charge in [-0.1, -0.05) is 39.8 Å². The molecule has 2 atom stereocenters. The summed E-state index contributed by atoms with van der Waals surface area (Å²) in [7, 11) is 0. The molecular formula is C17H29ClN2O2. The molecule has 22 heavy (non-hydrogen) atoms. The SMILES string of the molecule is CC(N)C(C)C(=O)NCCOc1ccc(C(C)(C)C)cc1.Cl. The lowest BCUT2D eigenvalue weighted by Crippen LogP contribution is -2.40. The molecule has 1 amide bonds. The first-order valence-electron chi connectivity index (χ1n) is 7.48. The van der Waals surface area contributed by atoms with Gasteiger partial charge in [0.25, 0.3) is 0 Å². The highest BCUT2D eigenvalue weighted by Gasteiger charge is 2.16.